The third-order valence-electron chi connectivity index (χ3n) is 4.24. The third kappa shape index (κ3) is 5.93. The molecule has 0 fully saturated rings. The van der Waals surface area contributed by atoms with Crippen LogP contribution in [0.3, 0.4) is 0 Å². The molecular weight excluding hydrogens is 394 g/mol. The molecule has 0 aliphatic rings. The number of sulfonamides is 1. The van der Waals surface area contributed by atoms with Crippen LogP contribution in [0.25, 0.3) is 0 Å². The number of likely N-dealkylation sites (N-methyl/N-ethyl adjacent to an activating group) is 1. The van der Waals surface area contributed by atoms with Gasteiger partial charge in [0, 0.05) is 38.0 Å². The highest BCUT2D eigenvalue weighted by atomic mass is 32.2. The lowest BCUT2D eigenvalue weighted by Crippen LogP contribution is -2.30. The lowest BCUT2D eigenvalue weighted by molar-refractivity contribution is -0.117. The molecule has 2 aromatic carbocycles. The zero-order valence-electron chi connectivity index (χ0n) is 17.3. The van der Waals surface area contributed by atoms with E-state index in [-0.39, 0.29) is 17.3 Å². The van der Waals surface area contributed by atoms with E-state index in [9.17, 15) is 13.2 Å². The Bertz CT molecular complexity index is 960. The van der Waals surface area contributed by atoms with Crippen LogP contribution in [-0.2, 0) is 21.4 Å². The topological polar surface area (TPSA) is 88.2 Å². The number of carbonyl (C=O) groups excluding carboxylic acids is 1. The summed E-state index contributed by atoms with van der Waals surface area (Å²) < 4.78 is 36.2. The van der Waals surface area contributed by atoms with Gasteiger partial charge in [-0.15, -0.1) is 0 Å². The minimum Gasteiger partial charge on any atom is -0.497 e. The van der Waals surface area contributed by atoms with E-state index >= 15 is 0 Å². The second-order valence-electron chi connectivity index (χ2n) is 6.71. The van der Waals surface area contributed by atoms with E-state index in [1.165, 1.54) is 26.2 Å². The molecule has 0 spiro atoms. The lowest BCUT2D eigenvalue weighted by Gasteiger charge is -2.19. The normalized spacial score (nSPS) is 11.6. The van der Waals surface area contributed by atoms with Gasteiger partial charge in [0.2, 0.25) is 15.9 Å². The van der Waals surface area contributed by atoms with Crippen LogP contribution >= 0.6 is 0 Å². The highest BCUT2D eigenvalue weighted by Crippen LogP contribution is 2.25. The van der Waals surface area contributed by atoms with Crippen molar-refractivity contribution in [3.8, 4) is 11.5 Å². The van der Waals surface area contributed by atoms with Gasteiger partial charge in [0.25, 0.3) is 0 Å². The van der Waals surface area contributed by atoms with Gasteiger partial charge in [0.05, 0.1) is 25.7 Å². The van der Waals surface area contributed by atoms with Crippen LogP contribution in [0.2, 0.25) is 0 Å². The number of carbonyl (C=O) groups is 1. The molecule has 0 bridgehead atoms. The minimum absolute atomic E-state index is 0.122. The molecule has 0 aliphatic heterocycles. The summed E-state index contributed by atoms with van der Waals surface area (Å²) in [6.07, 6.45) is 0. The van der Waals surface area contributed by atoms with E-state index in [1.807, 2.05) is 24.1 Å². The largest absolute Gasteiger partial charge is 0.497 e. The Morgan fingerprint density at radius 1 is 1.03 bits per heavy atom. The smallest absolute Gasteiger partial charge is 0.242 e. The molecule has 9 heteroatoms. The van der Waals surface area contributed by atoms with Crippen LogP contribution < -0.4 is 14.8 Å². The summed E-state index contributed by atoms with van der Waals surface area (Å²) in [5, 5.41) is 2.74. The maximum absolute atomic E-state index is 12.4. The molecule has 0 aromatic heterocycles. The van der Waals surface area contributed by atoms with Gasteiger partial charge in [0.15, 0.2) is 0 Å². The number of nitrogens with one attached hydrogen (secondary N) is 1. The van der Waals surface area contributed by atoms with Crippen LogP contribution in [-0.4, -0.2) is 65.4 Å². The molecular formula is C20H27N3O5S. The maximum Gasteiger partial charge on any atom is 0.242 e. The van der Waals surface area contributed by atoms with Crippen molar-refractivity contribution in [2.24, 2.45) is 0 Å². The van der Waals surface area contributed by atoms with Crippen molar-refractivity contribution < 1.29 is 22.7 Å². The monoisotopic (exact) mass is 421 g/mol. The molecule has 0 aliphatic carbocycles. The van der Waals surface area contributed by atoms with Gasteiger partial charge in [-0.1, -0.05) is 12.1 Å². The lowest BCUT2D eigenvalue weighted by atomic mass is 10.2. The molecule has 29 heavy (non-hydrogen) atoms. The van der Waals surface area contributed by atoms with Crippen LogP contribution in [0.1, 0.15) is 5.56 Å². The van der Waals surface area contributed by atoms with Gasteiger partial charge in [-0.05, 0) is 31.3 Å². The predicted octanol–water partition coefficient (Wildman–Crippen LogP) is 2.02. The standard InChI is InChI=1S/C20H27N3O5S/c1-22(2)29(25,26)18-8-6-7-16(11-18)21-20(24)14-23(3)13-15-9-10-17(27-4)12-19(15)28-5/h6-12H,13-14H2,1-5H3,(H,21,24). The van der Waals surface area contributed by atoms with E-state index in [0.29, 0.717) is 23.7 Å². The average molecular weight is 422 g/mol. The SMILES string of the molecule is COc1ccc(CN(C)CC(=O)Nc2cccc(S(=O)(=O)N(C)C)c2)c(OC)c1. The summed E-state index contributed by atoms with van der Waals surface area (Å²) in [5.41, 5.74) is 1.34. The van der Waals surface area contributed by atoms with Gasteiger partial charge in [0.1, 0.15) is 11.5 Å². The first-order valence-corrected chi connectivity index (χ1v) is 10.3. The Morgan fingerprint density at radius 2 is 1.76 bits per heavy atom. The van der Waals surface area contributed by atoms with Crippen molar-refractivity contribution in [1.29, 1.82) is 0 Å². The number of methoxy groups -OCH3 is 2. The number of hydrogen-bond acceptors (Lipinski definition) is 6. The summed E-state index contributed by atoms with van der Waals surface area (Å²) in [6, 6.07) is 11.7. The first-order valence-electron chi connectivity index (χ1n) is 8.89. The average Bonchev–Trinajstić information content (AvgIpc) is 2.68. The maximum atomic E-state index is 12.4. The zero-order valence-corrected chi connectivity index (χ0v) is 18.1. The van der Waals surface area contributed by atoms with Crippen LogP contribution in [0.15, 0.2) is 47.4 Å². The van der Waals surface area contributed by atoms with Crippen LogP contribution in [0.5, 0.6) is 11.5 Å². The zero-order chi connectivity index (χ0) is 21.6. The van der Waals surface area contributed by atoms with Crippen LogP contribution in [0.4, 0.5) is 5.69 Å². The second-order valence-corrected chi connectivity index (χ2v) is 8.87. The number of nitrogens with zero attached hydrogens (tertiary/aromatic N) is 2. The predicted molar refractivity (Wildman–Crippen MR) is 112 cm³/mol. The highest BCUT2D eigenvalue weighted by Gasteiger charge is 2.18. The van der Waals surface area contributed by atoms with Gasteiger partial charge >= 0.3 is 0 Å². The fourth-order valence-electron chi connectivity index (χ4n) is 2.72. The Kier molecular flexibility index (Phi) is 7.60. The second kappa shape index (κ2) is 9.73. The van der Waals surface area contributed by atoms with Crippen LogP contribution in [0, 0.1) is 0 Å². The van der Waals surface area contributed by atoms with E-state index in [4.69, 9.17) is 9.47 Å². The van der Waals surface area contributed by atoms with E-state index < -0.39 is 10.0 Å². The van der Waals surface area contributed by atoms with Crippen molar-refractivity contribution in [2.75, 3.05) is 47.2 Å². The number of benzene rings is 2. The number of anilines is 1. The van der Waals surface area contributed by atoms with Crippen molar-refractivity contribution in [2.45, 2.75) is 11.4 Å². The van der Waals surface area contributed by atoms with E-state index in [2.05, 4.69) is 5.32 Å². The number of amides is 1. The van der Waals surface area contributed by atoms with Gasteiger partial charge in [-0.2, -0.15) is 0 Å². The summed E-state index contributed by atoms with van der Waals surface area (Å²) in [4.78, 5) is 14.4. The Balaban J connectivity index is 2.03. The highest BCUT2D eigenvalue weighted by molar-refractivity contribution is 7.89. The van der Waals surface area contributed by atoms with Crippen molar-refractivity contribution in [3.63, 3.8) is 0 Å². The van der Waals surface area contributed by atoms with E-state index in [0.717, 1.165) is 9.87 Å². The molecule has 0 radical (unpaired) electrons. The van der Waals surface area contributed by atoms with Gasteiger partial charge < -0.3 is 14.8 Å². The van der Waals surface area contributed by atoms with Crippen molar-refractivity contribution >= 4 is 21.6 Å². The van der Waals surface area contributed by atoms with E-state index in [1.54, 1.807) is 32.4 Å². The molecule has 0 unspecified atom stereocenters. The molecule has 0 atom stereocenters. The Hall–Kier alpha value is -2.62. The van der Waals surface area contributed by atoms with Gasteiger partial charge in [-0.3, -0.25) is 9.69 Å². The fourth-order valence-corrected chi connectivity index (χ4v) is 3.67. The third-order valence-corrected chi connectivity index (χ3v) is 6.06. The first kappa shape index (κ1) is 22.7. The molecule has 0 heterocycles. The molecule has 1 amide bonds. The summed E-state index contributed by atoms with van der Waals surface area (Å²) >= 11 is 0. The molecule has 0 saturated heterocycles. The first-order chi connectivity index (χ1) is 13.7. The number of rotatable bonds is 9. The quantitative estimate of drug-likeness (QED) is 0.667. The Labute approximate surface area is 172 Å². The molecule has 158 valence electrons. The fraction of sp³-hybridized carbons (Fsp3) is 0.350. The molecule has 0 saturated carbocycles. The molecule has 8 nitrogen and oxygen atoms in total. The summed E-state index contributed by atoms with van der Waals surface area (Å²) in [7, 11) is 4.34. The van der Waals surface area contributed by atoms with Gasteiger partial charge in [-0.25, -0.2) is 12.7 Å². The van der Waals surface area contributed by atoms with Crippen molar-refractivity contribution in [1.82, 2.24) is 9.21 Å². The van der Waals surface area contributed by atoms with Crippen molar-refractivity contribution in [3.05, 3.63) is 48.0 Å². The summed E-state index contributed by atoms with van der Waals surface area (Å²) in [5.74, 6) is 1.12. The Morgan fingerprint density at radius 3 is 2.38 bits per heavy atom. The summed E-state index contributed by atoms with van der Waals surface area (Å²) in [6.45, 7) is 0.621. The molecule has 2 aromatic rings. The number of hydrogen-bond donors (Lipinski definition) is 1. The number of ether oxygens (including phenoxy) is 2. The molecule has 1 N–H and O–H groups in total. The molecule has 2 rings (SSSR count). The minimum atomic E-state index is -3.56.